The van der Waals surface area contributed by atoms with E-state index in [1.54, 1.807) is 23.5 Å². The largest absolute Gasteiger partial charge is 0.384 e. The maximum Gasteiger partial charge on any atom is 0.243 e. The van der Waals surface area contributed by atoms with Crippen molar-refractivity contribution in [1.29, 1.82) is 0 Å². The van der Waals surface area contributed by atoms with Gasteiger partial charge in [0.2, 0.25) is 10.0 Å². The van der Waals surface area contributed by atoms with Gasteiger partial charge in [0, 0.05) is 26.2 Å². The number of rotatable bonds is 6. The number of piperidine rings is 1. The first-order valence-corrected chi connectivity index (χ1v) is 8.83. The average molecular weight is 312 g/mol. The quantitative estimate of drug-likeness (QED) is 0.861. The lowest BCUT2D eigenvalue weighted by Gasteiger charge is -2.33. The summed E-state index contributed by atoms with van der Waals surface area (Å²) >= 11 is 0. The number of hydrogen-bond donors (Lipinski definition) is 1. The minimum atomic E-state index is -3.44. The Morgan fingerprint density at radius 3 is 2.62 bits per heavy atom. The zero-order chi connectivity index (χ0) is 15.3. The summed E-state index contributed by atoms with van der Waals surface area (Å²) in [7, 11) is -1.78. The van der Waals surface area contributed by atoms with Gasteiger partial charge in [-0.3, -0.25) is 0 Å². The molecule has 0 radical (unpaired) electrons. The molecule has 0 aliphatic carbocycles. The molecule has 1 unspecified atom stereocenters. The van der Waals surface area contributed by atoms with Crippen molar-refractivity contribution in [3.63, 3.8) is 0 Å². The molecule has 21 heavy (non-hydrogen) atoms. The standard InChI is InChI=1S/C15H24N2O3S/c1-20-11-9-13-5-7-15(8-6-13)21(18,19)17-10-3-2-4-14(17)12-16/h5-8,14H,2-4,9-12,16H2,1H3. The summed E-state index contributed by atoms with van der Waals surface area (Å²) in [6, 6.07) is 7.00. The lowest BCUT2D eigenvalue weighted by atomic mass is 10.1. The van der Waals surface area contributed by atoms with Gasteiger partial charge in [0.25, 0.3) is 0 Å². The van der Waals surface area contributed by atoms with Crippen LogP contribution in [-0.2, 0) is 21.2 Å². The Labute approximate surface area is 127 Å². The van der Waals surface area contributed by atoms with Crippen LogP contribution in [0.15, 0.2) is 29.2 Å². The minimum absolute atomic E-state index is 0.0723. The van der Waals surface area contributed by atoms with Gasteiger partial charge in [0.15, 0.2) is 0 Å². The van der Waals surface area contributed by atoms with E-state index in [4.69, 9.17) is 10.5 Å². The molecule has 5 nitrogen and oxygen atoms in total. The van der Waals surface area contributed by atoms with Gasteiger partial charge < -0.3 is 10.5 Å². The topological polar surface area (TPSA) is 72.6 Å². The van der Waals surface area contributed by atoms with Crippen molar-refractivity contribution in [2.24, 2.45) is 5.73 Å². The molecule has 2 N–H and O–H groups in total. The Balaban J connectivity index is 2.18. The number of methoxy groups -OCH3 is 1. The van der Waals surface area contributed by atoms with Crippen LogP contribution in [0.5, 0.6) is 0 Å². The van der Waals surface area contributed by atoms with E-state index >= 15 is 0 Å². The summed E-state index contributed by atoms with van der Waals surface area (Å²) in [6.45, 7) is 1.58. The van der Waals surface area contributed by atoms with Gasteiger partial charge >= 0.3 is 0 Å². The van der Waals surface area contributed by atoms with Crippen LogP contribution in [0.4, 0.5) is 0 Å². The molecule has 0 aromatic heterocycles. The fourth-order valence-corrected chi connectivity index (χ4v) is 4.41. The molecular weight excluding hydrogens is 288 g/mol. The molecule has 0 amide bonds. The highest BCUT2D eigenvalue weighted by molar-refractivity contribution is 7.89. The second-order valence-corrected chi connectivity index (χ2v) is 7.28. The molecule has 1 atom stereocenters. The number of sulfonamides is 1. The third-order valence-corrected chi connectivity index (χ3v) is 5.94. The van der Waals surface area contributed by atoms with Crippen molar-refractivity contribution in [3.05, 3.63) is 29.8 Å². The summed E-state index contributed by atoms with van der Waals surface area (Å²) in [5.74, 6) is 0. The number of nitrogens with two attached hydrogens (primary N) is 1. The van der Waals surface area contributed by atoms with Crippen LogP contribution >= 0.6 is 0 Å². The Hall–Kier alpha value is -0.950. The molecule has 6 heteroatoms. The monoisotopic (exact) mass is 312 g/mol. The highest BCUT2D eigenvalue weighted by Gasteiger charge is 2.32. The number of ether oxygens (including phenoxy) is 1. The number of benzene rings is 1. The fraction of sp³-hybridized carbons (Fsp3) is 0.600. The Bertz CT molecular complexity index is 543. The number of hydrogen-bond acceptors (Lipinski definition) is 4. The molecule has 0 saturated carbocycles. The van der Waals surface area contributed by atoms with E-state index in [1.807, 2.05) is 12.1 Å². The van der Waals surface area contributed by atoms with E-state index < -0.39 is 10.0 Å². The van der Waals surface area contributed by atoms with Gasteiger partial charge in [-0.1, -0.05) is 18.6 Å². The maximum absolute atomic E-state index is 12.7. The van der Waals surface area contributed by atoms with Crippen LogP contribution in [0.25, 0.3) is 0 Å². The van der Waals surface area contributed by atoms with E-state index in [1.165, 1.54) is 0 Å². The fourth-order valence-electron chi connectivity index (χ4n) is 2.71. The van der Waals surface area contributed by atoms with Crippen LogP contribution in [0.3, 0.4) is 0 Å². The summed E-state index contributed by atoms with van der Waals surface area (Å²) < 4.78 is 32.1. The smallest absolute Gasteiger partial charge is 0.243 e. The second-order valence-electron chi connectivity index (χ2n) is 5.39. The molecule has 1 fully saturated rings. The molecule has 1 heterocycles. The molecule has 1 aromatic carbocycles. The van der Waals surface area contributed by atoms with Gasteiger partial charge in [0.05, 0.1) is 11.5 Å². The first-order chi connectivity index (χ1) is 10.1. The lowest BCUT2D eigenvalue weighted by molar-refractivity contribution is 0.202. The Kier molecular flexibility index (Phi) is 5.75. The molecule has 1 aromatic rings. The molecule has 1 aliphatic rings. The molecule has 1 saturated heterocycles. The van der Waals surface area contributed by atoms with Gasteiger partial charge in [-0.2, -0.15) is 4.31 Å². The Morgan fingerprint density at radius 1 is 1.29 bits per heavy atom. The van der Waals surface area contributed by atoms with Crippen LogP contribution < -0.4 is 5.73 Å². The molecule has 0 spiro atoms. The van der Waals surface area contributed by atoms with Crippen molar-refractivity contribution in [2.75, 3.05) is 26.8 Å². The lowest BCUT2D eigenvalue weighted by Crippen LogP contribution is -2.47. The summed E-state index contributed by atoms with van der Waals surface area (Å²) in [6.07, 6.45) is 3.58. The first kappa shape index (κ1) is 16.4. The predicted molar refractivity (Wildman–Crippen MR) is 82.6 cm³/mol. The van der Waals surface area contributed by atoms with E-state index in [9.17, 15) is 8.42 Å². The normalized spacial score (nSPS) is 20.6. The maximum atomic E-state index is 12.7. The van der Waals surface area contributed by atoms with Crippen molar-refractivity contribution in [2.45, 2.75) is 36.6 Å². The van der Waals surface area contributed by atoms with Gasteiger partial charge in [-0.05, 0) is 37.0 Å². The Morgan fingerprint density at radius 2 is 2.00 bits per heavy atom. The van der Waals surface area contributed by atoms with E-state index in [0.717, 1.165) is 31.2 Å². The minimum Gasteiger partial charge on any atom is -0.384 e. The van der Waals surface area contributed by atoms with Crippen LogP contribution in [0, 0.1) is 0 Å². The first-order valence-electron chi connectivity index (χ1n) is 7.39. The van der Waals surface area contributed by atoms with Crippen LogP contribution in [0.1, 0.15) is 24.8 Å². The van der Waals surface area contributed by atoms with Crippen molar-refractivity contribution >= 4 is 10.0 Å². The van der Waals surface area contributed by atoms with E-state index in [0.29, 0.717) is 24.6 Å². The van der Waals surface area contributed by atoms with E-state index in [2.05, 4.69) is 0 Å². The van der Waals surface area contributed by atoms with Crippen molar-refractivity contribution in [1.82, 2.24) is 4.31 Å². The highest BCUT2D eigenvalue weighted by Crippen LogP contribution is 2.25. The zero-order valence-electron chi connectivity index (χ0n) is 12.5. The molecular formula is C15H24N2O3S. The molecule has 0 bridgehead atoms. The van der Waals surface area contributed by atoms with Crippen LogP contribution in [-0.4, -0.2) is 45.6 Å². The van der Waals surface area contributed by atoms with Gasteiger partial charge in [-0.15, -0.1) is 0 Å². The summed E-state index contributed by atoms with van der Waals surface area (Å²) in [5, 5.41) is 0. The molecule has 1 aliphatic heterocycles. The summed E-state index contributed by atoms with van der Waals surface area (Å²) in [5.41, 5.74) is 6.80. The summed E-state index contributed by atoms with van der Waals surface area (Å²) in [4.78, 5) is 0.351. The van der Waals surface area contributed by atoms with Crippen LogP contribution in [0.2, 0.25) is 0 Å². The van der Waals surface area contributed by atoms with Gasteiger partial charge in [-0.25, -0.2) is 8.42 Å². The predicted octanol–water partition coefficient (Wildman–Crippen LogP) is 1.38. The van der Waals surface area contributed by atoms with E-state index in [-0.39, 0.29) is 6.04 Å². The highest BCUT2D eigenvalue weighted by atomic mass is 32.2. The third kappa shape index (κ3) is 3.83. The third-order valence-electron chi connectivity index (χ3n) is 3.97. The molecule has 118 valence electrons. The second kappa shape index (κ2) is 7.35. The SMILES string of the molecule is COCCc1ccc(S(=O)(=O)N2CCCCC2CN)cc1. The molecule has 2 rings (SSSR count). The van der Waals surface area contributed by atoms with Crippen molar-refractivity contribution < 1.29 is 13.2 Å². The average Bonchev–Trinajstić information content (AvgIpc) is 2.53. The van der Waals surface area contributed by atoms with Gasteiger partial charge in [0.1, 0.15) is 0 Å². The zero-order valence-corrected chi connectivity index (χ0v) is 13.3. The number of nitrogens with zero attached hydrogens (tertiary/aromatic N) is 1. The van der Waals surface area contributed by atoms with Crippen molar-refractivity contribution in [3.8, 4) is 0 Å².